The van der Waals surface area contributed by atoms with Gasteiger partial charge in [0.05, 0.1) is 18.3 Å². The van der Waals surface area contributed by atoms with Crippen LogP contribution in [-0.4, -0.2) is 36.6 Å². The largest absolute Gasteiger partial charge is 0.471 e. The average molecular weight is 535 g/mol. The highest BCUT2D eigenvalue weighted by Gasteiger charge is 2.26. The first-order valence-electron chi connectivity index (χ1n) is 14.0. The summed E-state index contributed by atoms with van der Waals surface area (Å²) in [6.07, 6.45) is 7.59. The van der Waals surface area contributed by atoms with Crippen LogP contribution in [0.5, 0.6) is 0 Å². The molecule has 1 aromatic heterocycles. The molecule has 0 saturated heterocycles. The first-order valence-corrected chi connectivity index (χ1v) is 14.0. The van der Waals surface area contributed by atoms with E-state index in [1.807, 2.05) is 6.20 Å². The van der Waals surface area contributed by atoms with Crippen LogP contribution in [0.25, 0.3) is 16.6 Å². The van der Waals surface area contributed by atoms with Crippen LogP contribution < -0.4 is 0 Å². The quantitative estimate of drug-likeness (QED) is 0.147. The fourth-order valence-electron chi connectivity index (χ4n) is 5.81. The molecule has 1 atom stereocenters. The van der Waals surface area contributed by atoms with Crippen molar-refractivity contribution in [2.24, 2.45) is 0 Å². The zero-order valence-electron chi connectivity index (χ0n) is 24.2. The van der Waals surface area contributed by atoms with Gasteiger partial charge in [-0.25, -0.2) is 0 Å². The Morgan fingerprint density at radius 2 is 1.90 bits per heavy atom. The number of hydrogen-bond acceptors (Lipinski definition) is 3. The highest BCUT2D eigenvalue weighted by atomic mass is 16.5. The van der Waals surface area contributed by atoms with Gasteiger partial charge >= 0.3 is 0 Å². The Labute approximate surface area is 240 Å². The third-order valence-corrected chi connectivity index (χ3v) is 7.76. The minimum atomic E-state index is 0. The highest BCUT2D eigenvalue weighted by molar-refractivity contribution is 5.90. The number of carbonyl (C=O) groups is 1. The molecule has 0 amide bonds. The van der Waals surface area contributed by atoms with Crippen LogP contribution in [0.2, 0.25) is 0 Å². The third kappa shape index (κ3) is 6.30. The van der Waals surface area contributed by atoms with Gasteiger partial charge in [0.25, 0.3) is 6.47 Å². The van der Waals surface area contributed by atoms with E-state index < -0.39 is 0 Å². The minimum absolute atomic E-state index is 0. The van der Waals surface area contributed by atoms with E-state index in [2.05, 4.69) is 121 Å². The number of ether oxygens (including phenoxy) is 1. The maximum Gasteiger partial charge on any atom is 0.292 e. The number of methoxy groups -OCH3 is 1. The SMILES string of the molecule is C=C=C(c1cccc2cc[nH]c12)N1CCC=C(C(c2ccccc2C)c2cc(C)ccc2CC)CC1.COC=O.[HH]. The summed E-state index contributed by atoms with van der Waals surface area (Å²) in [5.74, 6) is 0.281. The van der Waals surface area contributed by atoms with Gasteiger partial charge in [0.15, 0.2) is 0 Å². The fourth-order valence-corrected chi connectivity index (χ4v) is 5.81. The Kier molecular flexibility index (Phi) is 9.83. The first kappa shape index (κ1) is 28.7. The predicted octanol–water partition coefficient (Wildman–Crippen LogP) is 8.36. The number of aromatic nitrogens is 1. The van der Waals surface area contributed by atoms with E-state index in [-0.39, 0.29) is 7.34 Å². The molecule has 1 N–H and O–H groups in total. The van der Waals surface area contributed by atoms with Gasteiger partial charge in [0.2, 0.25) is 0 Å². The van der Waals surface area contributed by atoms with E-state index in [9.17, 15) is 0 Å². The van der Waals surface area contributed by atoms with Crippen molar-refractivity contribution in [3.63, 3.8) is 0 Å². The lowest BCUT2D eigenvalue weighted by molar-refractivity contribution is -0.126. The van der Waals surface area contributed by atoms with Crippen molar-refractivity contribution in [3.8, 4) is 0 Å². The van der Waals surface area contributed by atoms with Gasteiger partial charge < -0.3 is 14.6 Å². The number of hydrogen-bond donors (Lipinski definition) is 1. The maximum absolute atomic E-state index is 8.95. The van der Waals surface area contributed by atoms with Gasteiger partial charge in [0, 0.05) is 37.6 Å². The van der Waals surface area contributed by atoms with E-state index in [0.29, 0.717) is 6.47 Å². The molecule has 40 heavy (non-hydrogen) atoms. The second kappa shape index (κ2) is 13.7. The number of nitrogens with zero attached hydrogens (tertiary/aromatic N) is 1. The number of aryl methyl sites for hydroxylation is 3. The lowest BCUT2D eigenvalue weighted by Gasteiger charge is -2.28. The molecule has 2 heterocycles. The van der Waals surface area contributed by atoms with E-state index in [4.69, 9.17) is 4.79 Å². The second-order valence-electron chi connectivity index (χ2n) is 10.3. The lowest BCUT2D eigenvalue weighted by atomic mass is 9.78. The summed E-state index contributed by atoms with van der Waals surface area (Å²) in [6, 6.07) is 24.5. The van der Waals surface area contributed by atoms with Gasteiger partial charge in [-0.1, -0.05) is 91.4 Å². The molecule has 0 radical (unpaired) electrons. The summed E-state index contributed by atoms with van der Waals surface area (Å²) >= 11 is 0. The molecule has 208 valence electrons. The van der Waals surface area contributed by atoms with Crippen LogP contribution in [0, 0.1) is 13.8 Å². The molecular weight excluding hydrogens is 492 g/mol. The van der Waals surface area contributed by atoms with Gasteiger partial charge in [0.1, 0.15) is 0 Å². The molecule has 4 heteroatoms. The number of carbonyl (C=O) groups excluding carboxylic acids is 1. The Balaban J connectivity index is 0.000000869. The average Bonchev–Trinajstić information content (AvgIpc) is 3.35. The molecule has 0 spiro atoms. The van der Waals surface area contributed by atoms with Crippen molar-refractivity contribution in [1.29, 1.82) is 0 Å². The Hall–Kier alpha value is -4.27. The molecule has 3 aromatic carbocycles. The topological polar surface area (TPSA) is 45.3 Å². The highest BCUT2D eigenvalue weighted by Crippen LogP contribution is 2.39. The number of fused-ring (bicyclic) bond motifs is 1. The van der Waals surface area contributed by atoms with Gasteiger partial charge in [-0.15, -0.1) is 5.73 Å². The number of rotatable bonds is 7. The summed E-state index contributed by atoms with van der Waals surface area (Å²) in [5, 5.41) is 1.22. The summed E-state index contributed by atoms with van der Waals surface area (Å²) in [7, 11) is 1.31. The molecule has 4 nitrogen and oxygen atoms in total. The monoisotopic (exact) mass is 534 g/mol. The van der Waals surface area contributed by atoms with Crippen molar-refractivity contribution in [2.75, 3.05) is 20.2 Å². The van der Waals surface area contributed by atoms with E-state index in [1.165, 1.54) is 51.4 Å². The van der Waals surface area contributed by atoms with Crippen LogP contribution in [-0.2, 0) is 16.0 Å². The zero-order valence-corrected chi connectivity index (χ0v) is 24.2. The number of benzene rings is 3. The van der Waals surface area contributed by atoms with Crippen LogP contribution >= 0.6 is 0 Å². The van der Waals surface area contributed by atoms with Crippen LogP contribution in [0.15, 0.2) is 96.9 Å². The van der Waals surface area contributed by atoms with Crippen LogP contribution in [0.3, 0.4) is 0 Å². The van der Waals surface area contributed by atoms with Crippen molar-refractivity contribution < 1.29 is 11.0 Å². The Morgan fingerprint density at radius 1 is 1.10 bits per heavy atom. The zero-order chi connectivity index (χ0) is 28.5. The van der Waals surface area contributed by atoms with E-state index in [0.717, 1.165) is 43.6 Å². The smallest absolute Gasteiger partial charge is 0.292 e. The number of aromatic amines is 1. The van der Waals surface area contributed by atoms with Crippen LogP contribution in [0.1, 0.15) is 60.5 Å². The summed E-state index contributed by atoms with van der Waals surface area (Å²) in [4.78, 5) is 14.8. The number of nitrogens with one attached hydrogen (secondary N) is 1. The minimum Gasteiger partial charge on any atom is -0.471 e. The molecule has 0 bridgehead atoms. The van der Waals surface area contributed by atoms with Crippen LogP contribution in [0.4, 0.5) is 0 Å². The number of H-pyrrole nitrogens is 1. The van der Waals surface area contributed by atoms with Gasteiger partial charge in [-0.05, 0) is 61.4 Å². The fraction of sp³-hybridized carbons (Fsp3) is 0.278. The number of para-hydroxylation sites is 1. The normalized spacial score (nSPS) is 13.8. The Morgan fingerprint density at radius 3 is 2.62 bits per heavy atom. The molecule has 0 fully saturated rings. The molecule has 0 aliphatic carbocycles. The summed E-state index contributed by atoms with van der Waals surface area (Å²) in [6.45, 7) is 13.1. The predicted molar refractivity (Wildman–Crippen MR) is 169 cm³/mol. The molecule has 1 aliphatic rings. The second-order valence-corrected chi connectivity index (χ2v) is 10.3. The molecule has 4 aromatic rings. The van der Waals surface area contributed by atoms with Crippen molar-refractivity contribution >= 4 is 23.1 Å². The lowest BCUT2D eigenvalue weighted by Crippen LogP contribution is -2.23. The first-order chi connectivity index (χ1) is 19.5. The standard InChI is InChI=1S/C34H36N2.C2H4O2.H2/c1-5-26-17-16-24(3)23-31(26)33(29-14-8-7-11-25(29)4)27-13-10-21-36(22-19-27)32(6-2)30-15-9-12-28-18-20-35-34(28)30;1-4-2-3;/h7-9,11-18,20,23,33,35H,2,5,10,19,21-22H2,1,3-4H3;2H,1H3;1H. The van der Waals surface area contributed by atoms with Crippen molar-refractivity contribution in [3.05, 3.63) is 130 Å². The van der Waals surface area contributed by atoms with Gasteiger partial charge in [-0.3, -0.25) is 4.79 Å². The van der Waals surface area contributed by atoms with Crippen molar-refractivity contribution in [1.82, 2.24) is 9.88 Å². The van der Waals surface area contributed by atoms with Crippen molar-refractivity contribution in [2.45, 2.75) is 46.0 Å². The van der Waals surface area contributed by atoms with Gasteiger partial charge in [-0.2, -0.15) is 0 Å². The summed E-state index contributed by atoms with van der Waals surface area (Å²) in [5.41, 5.74) is 15.3. The molecule has 1 aliphatic heterocycles. The molecule has 5 rings (SSSR count). The van der Waals surface area contributed by atoms with E-state index in [1.54, 1.807) is 0 Å². The molecule has 0 saturated carbocycles. The molecular formula is C36H42N2O2. The van der Waals surface area contributed by atoms with E-state index >= 15 is 0 Å². The maximum atomic E-state index is 8.95. The Bertz CT molecular complexity index is 1540. The molecule has 1 unspecified atom stereocenters. The summed E-state index contributed by atoms with van der Waals surface area (Å²) < 4.78 is 3.86. The third-order valence-electron chi connectivity index (χ3n) is 7.76.